The molecular weight excluding hydrogens is 1420 g/mol. The Labute approximate surface area is 694 Å². The lowest BCUT2D eigenvalue weighted by Crippen LogP contribution is -2.09. The maximum Gasteiger partial charge on any atom is 0.0462 e. The Hall–Kier alpha value is -15.4. The smallest absolute Gasteiger partial charge is 0.0462 e. The molecule has 0 aromatic heterocycles. The first-order valence-corrected chi connectivity index (χ1v) is 40.3. The summed E-state index contributed by atoms with van der Waals surface area (Å²) in [6.07, 6.45) is 0. The van der Waals surface area contributed by atoms with Gasteiger partial charge in [-0.05, 0) is 233 Å². The van der Waals surface area contributed by atoms with Crippen molar-refractivity contribution in [3.8, 4) is 111 Å². The molecule has 0 N–H and O–H groups in total. The van der Waals surface area contributed by atoms with E-state index < -0.39 is 0 Å². The largest absolute Gasteiger partial charge is 0.311 e. The van der Waals surface area contributed by atoms with Gasteiger partial charge in [-0.3, -0.25) is 0 Å². The Morgan fingerprint density at radius 2 is 0.246 bits per heavy atom. The van der Waals surface area contributed by atoms with Gasteiger partial charge in [0.25, 0.3) is 0 Å². The van der Waals surface area contributed by atoms with E-state index in [0.29, 0.717) is 0 Å². The molecule has 0 aliphatic carbocycles. The predicted molar refractivity (Wildman–Crippen MR) is 502 cm³/mol. The van der Waals surface area contributed by atoms with E-state index in [9.17, 15) is 0 Å². The molecule has 0 radical (unpaired) electrons. The van der Waals surface area contributed by atoms with E-state index in [0.717, 1.165) is 51.2 Å². The second-order valence-corrected chi connectivity index (χ2v) is 29.3. The van der Waals surface area contributed by atoms with Crippen LogP contribution >= 0.6 is 0 Å². The van der Waals surface area contributed by atoms with Crippen LogP contribution in [-0.2, 0) is 0 Å². The van der Waals surface area contributed by atoms with Crippen molar-refractivity contribution in [3.05, 3.63) is 515 Å². The summed E-state index contributed by atoms with van der Waals surface area (Å²) in [6.45, 7) is 2.12. The predicted octanol–water partition coefficient (Wildman–Crippen LogP) is 32.4. The minimum absolute atomic E-state index is 1.11. The van der Waals surface area contributed by atoms with Crippen molar-refractivity contribution in [1.29, 1.82) is 0 Å². The summed E-state index contributed by atoms with van der Waals surface area (Å²) in [4.78, 5) is 6.97. The van der Waals surface area contributed by atoms with Crippen LogP contribution in [0.25, 0.3) is 111 Å². The first-order valence-electron chi connectivity index (χ1n) is 40.3. The molecule has 0 aliphatic rings. The van der Waals surface area contributed by atoms with Gasteiger partial charge in [0.15, 0.2) is 0 Å². The van der Waals surface area contributed by atoms with Crippen molar-refractivity contribution in [2.45, 2.75) is 6.92 Å². The van der Waals surface area contributed by atoms with Crippen LogP contribution in [0.2, 0.25) is 0 Å². The molecule has 0 saturated carbocycles. The zero-order chi connectivity index (χ0) is 79.4. The third-order valence-electron chi connectivity index (χ3n) is 21.6. The summed E-state index contributed by atoms with van der Waals surface area (Å²) < 4.78 is 0. The van der Waals surface area contributed by atoms with E-state index in [1.54, 1.807) is 0 Å². The molecule has 562 valence electrons. The number of benzene rings is 19. The fourth-order valence-electron chi connectivity index (χ4n) is 15.3. The first-order chi connectivity index (χ1) is 58.4. The number of aryl methyl sites for hydroxylation is 1. The van der Waals surface area contributed by atoms with Gasteiger partial charge in [0.05, 0.1) is 0 Å². The van der Waals surface area contributed by atoms with E-state index in [-0.39, 0.29) is 0 Å². The third-order valence-corrected chi connectivity index (χ3v) is 21.6. The second kappa shape index (κ2) is 36.6. The quantitative estimate of drug-likeness (QED) is 0.0799. The number of nitrogens with zero attached hydrogens (tertiary/aromatic N) is 3. The number of rotatable bonds is 19. The standard InChI is InChI=1S/2C42H31N.C31H25N/c1-4-12-32(13-5-1)34-20-26-38(27-21-34)43(39-28-22-35(23-29-39)33-14-6-2-7-15-33)40-30-24-37(25-31-40)42-19-11-10-18-41(42)36-16-8-3-9-17-36;1-4-11-32(12-5-1)35-19-25-40(26-20-35)43(41-27-21-36(22-28-41)33-13-6-2-7-14-33)42-29-23-37(24-30-42)39-18-10-17-38(31-39)34-15-8-3-9-16-34;1-24-12-18-29(19-13-24)32(30-20-14-27(15-21-30)25-8-4-2-5-9-25)31-22-16-28(17-23-31)26-10-6-3-7-11-26/h2*1-31H;2-23H,1H3. The van der Waals surface area contributed by atoms with Gasteiger partial charge in [0.1, 0.15) is 0 Å². The van der Waals surface area contributed by atoms with E-state index in [1.807, 2.05) is 0 Å². The fourth-order valence-corrected chi connectivity index (χ4v) is 15.3. The van der Waals surface area contributed by atoms with Crippen LogP contribution in [0.3, 0.4) is 0 Å². The van der Waals surface area contributed by atoms with Gasteiger partial charge in [-0.2, -0.15) is 0 Å². The molecule has 3 heteroatoms. The highest BCUT2D eigenvalue weighted by atomic mass is 15.2. The number of anilines is 9. The Kier molecular flexibility index (Phi) is 23.3. The summed E-state index contributed by atoms with van der Waals surface area (Å²) in [7, 11) is 0. The molecule has 19 rings (SSSR count). The lowest BCUT2D eigenvalue weighted by atomic mass is 9.94. The van der Waals surface area contributed by atoms with Crippen LogP contribution in [0.1, 0.15) is 5.56 Å². The Morgan fingerprint density at radius 1 is 0.110 bits per heavy atom. The Bertz CT molecular complexity index is 6090. The lowest BCUT2D eigenvalue weighted by Gasteiger charge is -2.26. The van der Waals surface area contributed by atoms with Crippen LogP contribution in [0.5, 0.6) is 0 Å². The van der Waals surface area contributed by atoms with Crippen LogP contribution in [0.15, 0.2) is 510 Å². The summed E-state index contributed by atoms with van der Waals surface area (Å²) >= 11 is 0. The highest BCUT2D eigenvalue weighted by molar-refractivity contribution is 5.88. The Balaban J connectivity index is 0.000000128. The zero-order valence-electron chi connectivity index (χ0n) is 65.8. The van der Waals surface area contributed by atoms with Crippen molar-refractivity contribution < 1.29 is 0 Å². The number of hydrogen-bond donors (Lipinski definition) is 0. The van der Waals surface area contributed by atoms with Gasteiger partial charge < -0.3 is 14.7 Å². The van der Waals surface area contributed by atoms with Crippen molar-refractivity contribution in [2.24, 2.45) is 0 Å². The van der Waals surface area contributed by atoms with Gasteiger partial charge in [-0.15, -0.1) is 0 Å². The normalized spacial score (nSPS) is 10.8. The maximum atomic E-state index is 2.33. The van der Waals surface area contributed by atoms with E-state index in [2.05, 4.69) is 531 Å². The highest BCUT2D eigenvalue weighted by Crippen LogP contribution is 2.43. The molecule has 118 heavy (non-hydrogen) atoms. The molecule has 0 aliphatic heterocycles. The highest BCUT2D eigenvalue weighted by Gasteiger charge is 2.19. The molecule has 0 unspecified atom stereocenters. The average molecular weight is 1510 g/mol. The Morgan fingerprint density at radius 3 is 0.458 bits per heavy atom. The fraction of sp³-hybridized carbons (Fsp3) is 0.00870. The van der Waals surface area contributed by atoms with Crippen LogP contribution in [-0.4, -0.2) is 0 Å². The minimum atomic E-state index is 1.11. The van der Waals surface area contributed by atoms with Crippen molar-refractivity contribution in [2.75, 3.05) is 14.7 Å². The van der Waals surface area contributed by atoms with E-state index >= 15 is 0 Å². The van der Waals surface area contributed by atoms with Crippen molar-refractivity contribution in [3.63, 3.8) is 0 Å². The van der Waals surface area contributed by atoms with E-state index in [1.165, 1.54) is 117 Å². The topological polar surface area (TPSA) is 9.72 Å². The molecule has 0 saturated heterocycles. The van der Waals surface area contributed by atoms with Crippen molar-refractivity contribution >= 4 is 51.2 Å². The summed E-state index contributed by atoms with van der Waals surface area (Å²) in [5.74, 6) is 0. The van der Waals surface area contributed by atoms with Crippen LogP contribution in [0, 0.1) is 6.92 Å². The summed E-state index contributed by atoms with van der Waals surface area (Å²) in [5.41, 5.74) is 35.7. The molecule has 19 aromatic rings. The molecule has 0 fully saturated rings. The second-order valence-electron chi connectivity index (χ2n) is 29.3. The SMILES string of the molecule is Cc1ccc(N(c2ccc(-c3ccccc3)cc2)c2ccc(-c3ccccc3)cc2)cc1.c1ccc(-c2ccc(N(c3ccc(-c4ccccc4)cc3)c3ccc(-c4cccc(-c5ccccc5)c4)cc3)cc2)cc1.c1ccc(-c2ccc(N(c3ccc(-c4ccccc4)cc3)c3ccc(-c4ccccc4-c4ccccc4)cc3)cc2)cc1. The van der Waals surface area contributed by atoms with Crippen LogP contribution < -0.4 is 14.7 Å². The zero-order valence-corrected chi connectivity index (χ0v) is 65.8. The lowest BCUT2D eigenvalue weighted by molar-refractivity contribution is 1.27. The average Bonchev–Trinajstić information content (AvgIpc) is 0.799. The first kappa shape index (κ1) is 75.3. The minimum Gasteiger partial charge on any atom is -0.311 e. The van der Waals surface area contributed by atoms with Crippen molar-refractivity contribution in [1.82, 2.24) is 0 Å². The van der Waals surface area contributed by atoms with E-state index in [4.69, 9.17) is 0 Å². The monoisotopic (exact) mass is 1510 g/mol. The van der Waals surface area contributed by atoms with Gasteiger partial charge in [-0.25, -0.2) is 0 Å². The molecule has 0 spiro atoms. The molecule has 19 aromatic carbocycles. The molecule has 0 bridgehead atoms. The van der Waals surface area contributed by atoms with Gasteiger partial charge in [-0.1, -0.05) is 400 Å². The summed E-state index contributed by atoms with van der Waals surface area (Å²) in [6, 6.07) is 181. The summed E-state index contributed by atoms with van der Waals surface area (Å²) in [5, 5.41) is 0. The maximum absolute atomic E-state index is 2.33. The molecule has 0 amide bonds. The third kappa shape index (κ3) is 18.0. The molecule has 3 nitrogen and oxygen atoms in total. The van der Waals surface area contributed by atoms with Gasteiger partial charge >= 0.3 is 0 Å². The molecule has 0 atom stereocenters. The van der Waals surface area contributed by atoms with Gasteiger partial charge in [0.2, 0.25) is 0 Å². The molecular formula is C115H87N3. The van der Waals surface area contributed by atoms with Gasteiger partial charge in [0, 0.05) is 51.2 Å². The number of hydrogen-bond acceptors (Lipinski definition) is 3. The van der Waals surface area contributed by atoms with Crippen LogP contribution in [0.4, 0.5) is 51.2 Å². The molecule has 0 heterocycles.